The molecule has 0 aliphatic heterocycles. The highest BCUT2D eigenvalue weighted by molar-refractivity contribution is 7.55. The van der Waals surface area contributed by atoms with Crippen LogP contribution in [0.1, 0.15) is 13.3 Å². The van der Waals surface area contributed by atoms with E-state index in [2.05, 4.69) is 8.15 Å². The van der Waals surface area contributed by atoms with Crippen molar-refractivity contribution in [2.24, 2.45) is 0 Å². The predicted molar refractivity (Wildman–Crippen MR) is 61.0 cm³/mol. The van der Waals surface area contributed by atoms with Crippen LogP contribution in [0.2, 0.25) is 0 Å². The Hall–Kier alpha value is -0.540. The average Bonchev–Trinajstić information content (AvgIpc) is 2.35. The van der Waals surface area contributed by atoms with Crippen LogP contribution in [-0.2, 0) is 22.3 Å². The highest BCUT2D eigenvalue weighted by atomic mass is 35.5. The molecule has 0 saturated carbocycles. The van der Waals surface area contributed by atoms with Crippen LogP contribution in [0.4, 0.5) is 13.2 Å². The first kappa shape index (κ1) is 19.5. The number of carbonyl (C=O) groups excluding carboxylic acids is 1. The fourth-order valence-corrected chi connectivity index (χ4v) is 2.56. The number of carboxylic acids is 1. The molecule has 0 radical (unpaired) electrons. The normalized spacial score (nSPS) is 13.9. The first-order valence-electron chi connectivity index (χ1n) is 4.82. The van der Waals surface area contributed by atoms with Gasteiger partial charge in [0.1, 0.15) is 12.3 Å². The lowest BCUT2D eigenvalue weighted by molar-refractivity contribution is -0.188. The maximum absolute atomic E-state index is 12.4. The Morgan fingerprint density at radius 3 is 2.05 bits per heavy atom. The van der Waals surface area contributed by atoms with Crippen LogP contribution < -0.4 is 0 Å². The zero-order valence-corrected chi connectivity index (χ0v) is 12.2. The zero-order chi connectivity index (χ0) is 16.1. The molecule has 1 amide bonds. The third-order valence-corrected chi connectivity index (χ3v) is 4.42. The summed E-state index contributed by atoms with van der Waals surface area (Å²) in [5.74, 6) is -4.27. The molecule has 0 aromatic carbocycles. The van der Waals surface area contributed by atoms with Crippen LogP contribution in [0.3, 0.4) is 0 Å². The molecule has 0 rings (SSSR count). The van der Waals surface area contributed by atoms with E-state index in [0.29, 0.717) is 0 Å². The van der Waals surface area contributed by atoms with Gasteiger partial charge in [-0.2, -0.15) is 21.3 Å². The first-order valence-corrected chi connectivity index (χ1v) is 7.17. The van der Waals surface area contributed by atoms with E-state index in [0.717, 1.165) is 0 Å². The summed E-state index contributed by atoms with van der Waals surface area (Å²) in [4.78, 5) is 21.8. The van der Waals surface area contributed by atoms with Crippen LogP contribution >= 0.6 is 31.3 Å². The van der Waals surface area contributed by atoms with Crippen LogP contribution in [0.25, 0.3) is 0 Å². The van der Waals surface area contributed by atoms with Crippen molar-refractivity contribution in [2.75, 3.05) is 6.29 Å². The second kappa shape index (κ2) is 7.46. The minimum atomic E-state index is -5.38. The number of rotatable bonds is 7. The molecule has 0 fully saturated rings. The summed E-state index contributed by atoms with van der Waals surface area (Å²) in [6.45, 7) is 1.21. The van der Waals surface area contributed by atoms with Crippen molar-refractivity contribution in [2.45, 2.75) is 25.6 Å². The third-order valence-electron chi connectivity index (χ3n) is 2.09. The molecule has 0 aliphatic rings. The van der Waals surface area contributed by atoms with Crippen LogP contribution in [0.15, 0.2) is 0 Å². The van der Waals surface area contributed by atoms with Gasteiger partial charge in [0.15, 0.2) is 0 Å². The maximum Gasteiger partial charge on any atom is 0.471 e. The molecule has 20 heavy (non-hydrogen) atoms. The molecule has 1 unspecified atom stereocenters. The molecular formula is C7H9Cl2F3NO6P. The van der Waals surface area contributed by atoms with E-state index in [-0.39, 0.29) is 11.3 Å². The molecule has 0 spiro atoms. The third kappa shape index (κ3) is 5.10. The molecule has 0 aromatic rings. The summed E-state index contributed by atoms with van der Waals surface area (Å²) in [5.41, 5.74) is 0. The van der Waals surface area contributed by atoms with Gasteiger partial charge >= 0.3 is 25.6 Å². The summed E-state index contributed by atoms with van der Waals surface area (Å²) in [6.07, 6.45) is -7.14. The Kier molecular flexibility index (Phi) is 7.26. The lowest BCUT2D eigenvalue weighted by atomic mass is 10.2. The number of nitrogens with zero attached hydrogens (tertiary/aromatic N) is 1. The highest BCUT2D eigenvalue weighted by Crippen LogP contribution is 2.51. The van der Waals surface area contributed by atoms with E-state index >= 15 is 0 Å². The van der Waals surface area contributed by atoms with Gasteiger partial charge in [-0.25, -0.2) is 4.79 Å². The molecular weight excluding hydrogens is 353 g/mol. The van der Waals surface area contributed by atoms with Gasteiger partial charge < -0.3 is 10.0 Å². The molecule has 7 nitrogen and oxygen atoms in total. The quantitative estimate of drug-likeness (QED) is 0.700. The number of amides is 1. The second-order valence-corrected chi connectivity index (χ2v) is 6.03. The fraction of sp³-hybridized carbons (Fsp3) is 0.714. The minimum absolute atomic E-state index is 0.228. The molecule has 0 aliphatic carbocycles. The number of aliphatic carboxylic acids is 1. The lowest BCUT2D eigenvalue weighted by Crippen LogP contribution is -2.50. The van der Waals surface area contributed by atoms with Gasteiger partial charge in [0.2, 0.25) is 0 Å². The predicted octanol–water partition coefficient (Wildman–Crippen LogP) is 2.73. The molecule has 0 bridgehead atoms. The Morgan fingerprint density at radius 2 is 1.80 bits per heavy atom. The number of halogens is 5. The molecule has 1 N–H and O–H groups in total. The first-order chi connectivity index (χ1) is 9.02. The van der Waals surface area contributed by atoms with E-state index in [1.165, 1.54) is 6.92 Å². The van der Waals surface area contributed by atoms with E-state index in [4.69, 9.17) is 28.8 Å². The molecule has 0 aromatic heterocycles. The summed E-state index contributed by atoms with van der Waals surface area (Å²) in [5, 5.41) is 8.80. The minimum Gasteiger partial charge on any atom is -0.480 e. The summed E-state index contributed by atoms with van der Waals surface area (Å²) >= 11 is 9.52. The van der Waals surface area contributed by atoms with E-state index < -0.39 is 38.0 Å². The van der Waals surface area contributed by atoms with Crippen LogP contribution in [0, 0.1) is 0 Å². The summed E-state index contributed by atoms with van der Waals surface area (Å²) in [6, 6.07) is -1.91. The van der Waals surface area contributed by atoms with E-state index in [9.17, 15) is 27.3 Å². The van der Waals surface area contributed by atoms with Crippen molar-refractivity contribution in [1.29, 1.82) is 0 Å². The Labute approximate surface area is 121 Å². The second-order valence-electron chi connectivity index (χ2n) is 3.43. The Morgan fingerprint density at radius 1 is 1.35 bits per heavy atom. The van der Waals surface area contributed by atoms with Gasteiger partial charge in [-0.3, -0.25) is 9.36 Å². The highest BCUT2D eigenvalue weighted by Gasteiger charge is 2.48. The number of carbonyl (C=O) groups is 2. The lowest BCUT2D eigenvalue weighted by Gasteiger charge is -2.29. The zero-order valence-electron chi connectivity index (χ0n) is 9.76. The van der Waals surface area contributed by atoms with Crippen molar-refractivity contribution in [1.82, 2.24) is 4.90 Å². The smallest absolute Gasteiger partial charge is 0.471 e. The largest absolute Gasteiger partial charge is 0.480 e. The van der Waals surface area contributed by atoms with Gasteiger partial charge in [-0.1, -0.05) is 6.92 Å². The molecule has 0 heterocycles. The van der Waals surface area contributed by atoms with E-state index in [1.54, 1.807) is 0 Å². The van der Waals surface area contributed by atoms with Gasteiger partial charge in [-0.05, 0) is 6.42 Å². The van der Waals surface area contributed by atoms with E-state index in [1.807, 2.05) is 0 Å². The van der Waals surface area contributed by atoms with Gasteiger partial charge in [0.25, 0.3) is 0 Å². The number of carboxylic acid groups (broad SMARTS) is 1. The summed E-state index contributed by atoms with van der Waals surface area (Å²) < 4.78 is 56.4. The summed E-state index contributed by atoms with van der Waals surface area (Å²) in [7, 11) is -4.49. The SMILES string of the molecule is CCC(C(=O)O)N(CP(=O)(OCl)OCl)C(=O)C(F)(F)F. The molecule has 13 heteroatoms. The van der Waals surface area contributed by atoms with Crippen molar-refractivity contribution in [3.05, 3.63) is 0 Å². The Bertz CT molecular complexity index is 412. The fourth-order valence-electron chi connectivity index (χ4n) is 1.24. The van der Waals surface area contributed by atoms with Crippen molar-refractivity contribution in [3.8, 4) is 0 Å². The van der Waals surface area contributed by atoms with Gasteiger partial charge in [0, 0.05) is 0 Å². The van der Waals surface area contributed by atoms with Gasteiger partial charge in [0.05, 0.1) is 23.7 Å². The number of hydrogen-bond donors (Lipinski definition) is 1. The van der Waals surface area contributed by atoms with Gasteiger partial charge in [-0.15, -0.1) is 0 Å². The number of hydrogen-bond acceptors (Lipinski definition) is 5. The van der Waals surface area contributed by atoms with Crippen LogP contribution in [0.5, 0.6) is 0 Å². The Balaban J connectivity index is 5.54. The standard InChI is InChI=1S/C7H9Cl2F3NO6P/c1-2-4(5(14)15)13(6(16)7(10,11)12)3-20(17,18-8)19-9/h4H,2-3H2,1H3,(H,14,15). The topological polar surface area (TPSA) is 93.1 Å². The van der Waals surface area contributed by atoms with Crippen molar-refractivity contribution >= 4 is 43.2 Å². The number of alkyl halides is 3. The average molecular weight is 362 g/mol. The molecule has 1 atom stereocenters. The molecule has 118 valence electrons. The monoisotopic (exact) mass is 361 g/mol. The molecule has 0 saturated heterocycles. The maximum atomic E-state index is 12.4. The van der Waals surface area contributed by atoms with Crippen molar-refractivity contribution in [3.63, 3.8) is 0 Å². The van der Waals surface area contributed by atoms with Crippen molar-refractivity contribution < 1.29 is 40.6 Å². The van der Waals surface area contributed by atoms with Crippen LogP contribution in [-0.4, -0.2) is 40.4 Å².